The number of amides is 2. The van der Waals surface area contributed by atoms with Crippen LogP contribution < -0.4 is 20.3 Å². The van der Waals surface area contributed by atoms with E-state index in [1.54, 1.807) is 0 Å². The maximum absolute atomic E-state index is 11.9. The molecule has 2 aromatic rings. The molecule has 0 unspecified atom stereocenters. The summed E-state index contributed by atoms with van der Waals surface area (Å²) in [6.07, 6.45) is 0. The monoisotopic (exact) mass is 341 g/mol. The van der Waals surface area contributed by atoms with E-state index < -0.39 is 0 Å². The van der Waals surface area contributed by atoms with Crippen molar-refractivity contribution in [2.75, 3.05) is 31.6 Å². The second-order valence-electron chi connectivity index (χ2n) is 5.60. The molecule has 0 saturated heterocycles. The molecule has 6 heteroatoms. The normalized spacial score (nSPS) is 10.0. The molecule has 6 nitrogen and oxygen atoms in total. The fourth-order valence-electron chi connectivity index (χ4n) is 2.20. The second kappa shape index (κ2) is 9.32. The van der Waals surface area contributed by atoms with Crippen molar-refractivity contribution >= 4 is 17.5 Å². The number of carbonyl (C=O) groups excluding carboxylic acids is 2. The SMILES string of the molecule is CC(=O)NCCNC(=O)CN(C)c1ccc(Oc2ccccc2)cc1. The van der Waals surface area contributed by atoms with Gasteiger partial charge in [0.05, 0.1) is 6.54 Å². The highest BCUT2D eigenvalue weighted by Gasteiger charge is 2.07. The second-order valence-corrected chi connectivity index (χ2v) is 5.60. The molecule has 0 radical (unpaired) electrons. The van der Waals surface area contributed by atoms with Gasteiger partial charge in [0.1, 0.15) is 11.5 Å². The van der Waals surface area contributed by atoms with Gasteiger partial charge in [0.2, 0.25) is 11.8 Å². The highest BCUT2D eigenvalue weighted by molar-refractivity contribution is 5.81. The molecule has 0 bridgehead atoms. The molecule has 0 aliphatic heterocycles. The van der Waals surface area contributed by atoms with Crippen LogP contribution in [0.15, 0.2) is 54.6 Å². The molecule has 2 amide bonds. The van der Waals surface area contributed by atoms with Crippen LogP contribution in [-0.4, -0.2) is 38.5 Å². The Kier molecular flexibility index (Phi) is 6.83. The molecule has 2 N–H and O–H groups in total. The van der Waals surface area contributed by atoms with Crippen molar-refractivity contribution in [1.29, 1.82) is 0 Å². The summed E-state index contributed by atoms with van der Waals surface area (Å²) in [6.45, 7) is 2.52. The number of benzene rings is 2. The van der Waals surface area contributed by atoms with Crippen LogP contribution in [0.2, 0.25) is 0 Å². The quantitative estimate of drug-likeness (QED) is 0.722. The lowest BCUT2D eigenvalue weighted by molar-refractivity contribution is -0.121. The summed E-state index contributed by atoms with van der Waals surface area (Å²) in [5, 5.41) is 5.39. The van der Waals surface area contributed by atoms with Crippen LogP contribution in [0.3, 0.4) is 0 Å². The smallest absolute Gasteiger partial charge is 0.239 e. The molecule has 0 atom stereocenters. The van der Waals surface area contributed by atoms with Crippen molar-refractivity contribution in [1.82, 2.24) is 10.6 Å². The standard InChI is InChI=1S/C19H23N3O3/c1-15(23)20-12-13-21-19(24)14-22(2)16-8-10-18(11-9-16)25-17-6-4-3-5-7-17/h3-11H,12-14H2,1-2H3,(H,20,23)(H,21,24). The third-order valence-corrected chi connectivity index (χ3v) is 3.46. The van der Waals surface area contributed by atoms with Gasteiger partial charge in [-0.1, -0.05) is 18.2 Å². The van der Waals surface area contributed by atoms with Gasteiger partial charge in [-0.25, -0.2) is 0 Å². The Labute approximate surface area is 147 Å². The van der Waals surface area contributed by atoms with Crippen molar-refractivity contribution in [2.45, 2.75) is 6.92 Å². The molecule has 0 heterocycles. The third-order valence-electron chi connectivity index (χ3n) is 3.46. The zero-order valence-electron chi connectivity index (χ0n) is 14.5. The number of ether oxygens (including phenoxy) is 1. The largest absolute Gasteiger partial charge is 0.457 e. The number of hydrogen-bond acceptors (Lipinski definition) is 4. The summed E-state index contributed by atoms with van der Waals surface area (Å²) >= 11 is 0. The minimum atomic E-state index is -0.107. The van der Waals surface area contributed by atoms with Crippen molar-refractivity contribution in [3.8, 4) is 11.5 Å². The molecule has 0 saturated carbocycles. The Morgan fingerprint density at radius 1 is 0.920 bits per heavy atom. The lowest BCUT2D eigenvalue weighted by Gasteiger charge is -2.19. The minimum Gasteiger partial charge on any atom is -0.457 e. The summed E-state index contributed by atoms with van der Waals surface area (Å²) in [5.41, 5.74) is 0.914. The molecule has 0 aliphatic carbocycles. The first kappa shape index (κ1) is 18.3. The van der Waals surface area contributed by atoms with E-state index in [0.29, 0.717) is 13.1 Å². The van der Waals surface area contributed by atoms with Gasteiger partial charge in [0.15, 0.2) is 0 Å². The first-order valence-corrected chi connectivity index (χ1v) is 8.10. The summed E-state index contributed by atoms with van der Waals surface area (Å²) in [5.74, 6) is 1.31. The Bertz CT molecular complexity index is 687. The van der Waals surface area contributed by atoms with E-state index in [9.17, 15) is 9.59 Å². The molecule has 2 rings (SSSR count). The zero-order valence-corrected chi connectivity index (χ0v) is 14.5. The first-order chi connectivity index (χ1) is 12.0. The van der Waals surface area contributed by atoms with E-state index in [-0.39, 0.29) is 18.4 Å². The van der Waals surface area contributed by atoms with Crippen molar-refractivity contribution in [3.05, 3.63) is 54.6 Å². The maximum Gasteiger partial charge on any atom is 0.239 e. The highest BCUT2D eigenvalue weighted by atomic mass is 16.5. The summed E-state index contributed by atoms with van der Waals surface area (Å²) < 4.78 is 5.75. The number of anilines is 1. The number of carbonyl (C=O) groups is 2. The molecule has 0 aromatic heterocycles. The number of likely N-dealkylation sites (N-methyl/N-ethyl adjacent to an activating group) is 1. The molecule has 132 valence electrons. The van der Waals surface area contributed by atoms with Gasteiger partial charge in [-0.05, 0) is 36.4 Å². The Hall–Kier alpha value is -3.02. The lowest BCUT2D eigenvalue weighted by atomic mass is 10.2. The third kappa shape index (κ3) is 6.55. The Balaban J connectivity index is 1.80. The number of para-hydroxylation sites is 1. The molecule has 0 fully saturated rings. The minimum absolute atomic E-state index is 0.0996. The van der Waals surface area contributed by atoms with E-state index >= 15 is 0 Å². The van der Waals surface area contributed by atoms with Gasteiger partial charge in [-0.15, -0.1) is 0 Å². The average Bonchev–Trinajstić information content (AvgIpc) is 2.60. The van der Waals surface area contributed by atoms with E-state index in [0.717, 1.165) is 17.2 Å². The average molecular weight is 341 g/mol. The fraction of sp³-hybridized carbons (Fsp3) is 0.263. The van der Waals surface area contributed by atoms with E-state index in [2.05, 4.69) is 10.6 Å². The van der Waals surface area contributed by atoms with Gasteiger partial charge in [-0.3, -0.25) is 9.59 Å². The number of rotatable bonds is 8. The topological polar surface area (TPSA) is 70.7 Å². The molecule has 25 heavy (non-hydrogen) atoms. The maximum atomic E-state index is 11.9. The number of nitrogens with one attached hydrogen (secondary N) is 2. The predicted molar refractivity (Wildman–Crippen MR) is 97.9 cm³/mol. The highest BCUT2D eigenvalue weighted by Crippen LogP contribution is 2.23. The van der Waals surface area contributed by atoms with Crippen molar-refractivity contribution in [3.63, 3.8) is 0 Å². The van der Waals surface area contributed by atoms with Gasteiger partial charge < -0.3 is 20.3 Å². The summed E-state index contributed by atoms with van der Waals surface area (Å²) in [6, 6.07) is 17.1. The summed E-state index contributed by atoms with van der Waals surface area (Å²) in [7, 11) is 1.85. The van der Waals surface area contributed by atoms with Crippen LogP contribution in [0.1, 0.15) is 6.92 Å². The lowest BCUT2D eigenvalue weighted by Crippen LogP contribution is -2.39. The fourth-order valence-corrected chi connectivity index (χ4v) is 2.20. The van der Waals surface area contributed by atoms with Crippen LogP contribution in [0.4, 0.5) is 5.69 Å². The van der Waals surface area contributed by atoms with E-state index in [1.165, 1.54) is 6.92 Å². The molecule has 2 aromatic carbocycles. The molecular weight excluding hydrogens is 318 g/mol. The number of hydrogen-bond donors (Lipinski definition) is 2. The van der Waals surface area contributed by atoms with Crippen molar-refractivity contribution in [2.24, 2.45) is 0 Å². The van der Waals surface area contributed by atoms with Gasteiger partial charge in [0, 0.05) is 32.7 Å². The molecule has 0 aliphatic rings. The first-order valence-electron chi connectivity index (χ1n) is 8.10. The van der Waals surface area contributed by atoms with Crippen LogP contribution >= 0.6 is 0 Å². The van der Waals surface area contributed by atoms with Crippen LogP contribution in [0.25, 0.3) is 0 Å². The van der Waals surface area contributed by atoms with Crippen LogP contribution in [0, 0.1) is 0 Å². The van der Waals surface area contributed by atoms with Crippen LogP contribution in [0.5, 0.6) is 11.5 Å². The van der Waals surface area contributed by atoms with Gasteiger partial charge in [-0.2, -0.15) is 0 Å². The summed E-state index contributed by atoms with van der Waals surface area (Å²) in [4.78, 5) is 24.5. The van der Waals surface area contributed by atoms with Gasteiger partial charge in [0.25, 0.3) is 0 Å². The zero-order chi connectivity index (χ0) is 18.1. The predicted octanol–water partition coefficient (Wildman–Crippen LogP) is 2.17. The Morgan fingerprint density at radius 3 is 2.16 bits per heavy atom. The van der Waals surface area contributed by atoms with E-state index in [4.69, 9.17) is 4.74 Å². The van der Waals surface area contributed by atoms with E-state index in [1.807, 2.05) is 66.5 Å². The Morgan fingerprint density at radius 2 is 1.52 bits per heavy atom. The molecule has 0 spiro atoms. The van der Waals surface area contributed by atoms with Crippen LogP contribution in [-0.2, 0) is 9.59 Å². The van der Waals surface area contributed by atoms with Gasteiger partial charge >= 0.3 is 0 Å². The molecular formula is C19H23N3O3. The van der Waals surface area contributed by atoms with Crippen molar-refractivity contribution < 1.29 is 14.3 Å². The number of nitrogens with zero attached hydrogens (tertiary/aromatic N) is 1.